The Morgan fingerprint density at radius 1 is 1.04 bits per heavy atom. The molecule has 1 heterocycles. The average molecular weight is 368 g/mol. The lowest BCUT2D eigenvalue weighted by molar-refractivity contribution is 0.262. The van der Waals surface area contributed by atoms with Crippen LogP contribution in [0, 0.1) is 13.8 Å². The molecule has 0 aliphatic carbocycles. The molecule has 2 aromatic carbocycles. The summed E-state index contributed by atoms with van der Waals surface area (Å²) in [6, 6.07) is 14.9. The van der Waals surface area contributed by atoms with E-state index in [0.717, 1.165) is 22.0 Å². The number of urea groups is 1. The number of nitrogens with one attached hydrogen (secondary N) is 2. The van der Waals surface area contributed by atoms with Crippen molar-refractivity contribution in [2.45, 2.75) is 20.3 Å². The number of anilines is 2. The Morgan fingerprint density at radius 3 is 2.65 bits per heavy atom. The van der Waals surface area contributed by atoms with E-state index in [9.17, 15) is 4.79 Å². The summed E-state index contributed by atoms with van der Waals surface area (Å²) in [6.45, 7) is 4.61. The molecular formula is C19H20N4O2S. The highest BCUT2D eigenvalue weighted by molar-refractivity contribution is 7.15. The van der Waals surface area contributed by atoms with E-state index in [1.165, 1.54) is 16.9 Å². The second-order valence-corrected chi connectivity index (χ2v) is 6.80. The fraction of sp³-hybridized carbons (Fsp3) is 0.211. The normalized spacial score (nSPS) is 10.4. The number of aryl methyl sites for hydroxylation is 1. The maximum Gasteiger partial charge on any atom is 0.325 e. The standard InChI is InChI=1S/C19H20N4O2S/c1-13-7-6-10-16(14(13)2)25-12-11-17-22-23-19(26-17)21-18(24)20-15-8-4-3-5-9-15/h3-10H,11-12H2,1-2H3,(H2,20,21,23,24). The van der Waals surface area contributed by atoms with Crippen LogP contribution in [0.3, 0.4) is 0 Å². The zero-order valence-corrected chi connectivity index (χ0v) is 15.5. The Bertz CT molecular complexity index is 880. The van der Waals surface area contributed by atoms with Crippen LogP contribution in [0.2, 0.25) is 0 Å². The SMILES string of the molecule is Cc1cccc(OCCc2nnc(NC(=O)Nc3ccccc3)s2)c1C. The van der Waals surface area contributed by atoms with Gasteiger partial charge < -0.3 is 10.1 Å². The van der Waals surface area contributed by atoms with E-state index < -0.39 is 0 Å². The van der Waals surface area contributed by atoms with Crippen LogP contribution >= 0.6 is 11.3 Å². The summed E-state index contributed by atoms with van der Waals surface area (Å²) in [5, 5.41) is 14.8. The monoisotopic (exact) mass is 368 g/mol. The van der Waals surface area contributed by atoms with Gasteiger partial charge in [-0.15, -0.1) is 10.2 Å². The first-order chi connectivity index (χ1) is 12.6. The Labute approximate surface area is 156 Å². The molecule has 6 nitrogen and oxygen atoms in total. The van der Waals surface area contributed by atoms with Crippen LogP contribution in [0.15, 0.2) is 48.5 Å². The molecule has 3 aromatic rings. The zero-order valence-electron chi connectivity index (χ0n) is 14.7. The van der Waals surface area contributed by atoms with E-state index in [1.807, 2.05) is 49.4 Å². The van der Waals surface area contributed by atoms with Crippen LogP contribution in [0.1, 0.15) is 16.1 Å². The predicted octanol–water partition coefficient (Wildman–Crippen LogP) is 4.42. The molecule has 0 aliphatic rings. The smallest absolute Gasteiger partial charge is 0.325 e. The number of nitrogens with zero attached hydrogens (tertiary/aromatic N) is 2. The maximum atomic E-state index is 12.0. The largest absolute Gasteiger partial charge is 0.493 e. The van der Waals surface area contributed by atoms with Gasteiger partial charge in [-0.2, -0.15) is 0 Å². The summed E-state index contributed by atoms with van der Waals surface area (Å²) in [4.78, 5) is 12.0. The van der Waals surface area contributed by atoms with Gasteiger partial charge in [0.05, 0.1) is 6.61 Å². The van der Waals surface area contributed by atoms with Crippen molar-refractivity contribution in [2.75, 3.05) is 17.2 Å². The number of hydrogen-bond acceptors (Lipinski definition) is 5. The van der Waals surface area contributed by atoms with Crippen molar-refractivity contribution in [3.63, 3.8) is 0 Å². The van der Waals surface area contributed by atoms with Crippen LogP contribution in [-0.2, 0) is 6.42 Å². The molecule has 26 heavy (non-hydrogen) atoms. The molecule has 1 aromatic heterocycles. The summed E-state index contributed by atoms with van der Waals surface area (Å²) >= 11 is 1.34. The number of amides is 2. The van der Waals surface area contributed by atoms with Crippen molar-refractivity contribution < 1.29 is 9.53 Å². The number of aromatic nitrogens is 2. The van der Waals surface area contributed by atoms with Gasteiger partial charge in [0, 0.05) is 12.1 Å². The Hall–Kier alpha value is -2.93. The van der Waals surface area contributed by atoms with Crippen LogP contribution in [-0.4, -0.2) is 22.8 Å². The summed E-state index contributed by atoms with van der Waals surface area (Å²) in [7, 11) is 0. The number of ether oxygens (including phenoxy) is 1. The minimum Gasteiger partial charge on any atom is -0.493 e. The van der Waals surface area contributed by atoms with E-state index in [-0.39, 0.29) is 6.03 Å². The van der Waals surface area contributed by atoms with Gasteiger partial charge in [-0.3, -0.25) is 5.32 Å². The van der Waals surface area contributed by atoms with Gasteiger partial charge in [-0.05, 0) is 43.2 Å². The predicted molar refractivity (Wildman–Crippen MR) is 104 cm³/mol. The Balaban J connectivity index is 1.48. The lowest BCUT2D eigenvalue weighted by Gasteiger charge is -2.09. The molecule has 3 rings (SSSR count). The molecule has 134 valence electrons. The number of para-hydroxylation sites is 1. The molecule has 2 N–H and O–H groups in total. The second-order valence-electron chi connectivity index (χ2n) is 5.74. The van der Waals surface area contributed by atoms with Gasteiger partial charge >= 0.3 is 6.03 Å². The van der Waals surface area contributed by atoms with Gasteiger partial charge in [0.15, 0.2) is 0 Å². The van der Waals surface area contributed by atoms with Crippen LogP contribution in [0.5, 0.6) is 5.75 Å². The van der Waals surface area contributed by atoms with Gasteiger partial charge in [0.1, 0.15) is 10.8 Å². The van der Waals surface area contributed by atoms with Crippen LogP contribution in [0.25, 0.3) is 0 Å². The summed E-state index contributed by atoms with van der Waals surface area (Å²) in [5.41, 5.74) is 3.07. The van der Waals surface area contributed by atoms with E-state index >= 15 is 0 Å². The number of benzene rings is 2. The van der Waals surface area contributed by atoms with E-state index in [2.05, 4.69) is 33.8 Å². The number of carbonyl (C=O) groups is 1. The van der Waals surface area contributed by atoms with Gasteiger partial charge in [-0.1, -0.05) is 41.7 Å². The lowest BCUT2D eigenvalue weighted by atomic mass is 10.1. The lowest BCUT2D eigenvalue weighted by Crippen LogP contribution is -2.19. The second kappa shape index (κ2) is 8.44. The molecule has 0 unspecified atom stereocenters. The van der Waals surface area contributed by atoms with Gasteiger partial charge in [-0.25, -0.2) is 4.79 Å². The third kappa shape index (κ3) is 4.80. The fourth-order valence-corrected chi connectivity index (χ4v) is 3.03. The van der Waals surface area contributed by atoms with Gasteiger partial charge in [0.2, 0.25) is 5.13 Å². The highest BCUT2D eigenvalue weighted by atomic mass is 32.1. The summed E-state index contributed by atoms with van der Waals surface area (Å²) in [5.74, 6) is 0.884. The first-order valence-electron chi connectivity index (χ1n) is 8.26. The highest BCUT2D eigenvalue weighted by Crippen LogP contribution is 2.21. The van der Waals surface area contributed by atoms with Gasteiger partial charge in [0.25, 0.3) is 0 Å². The Kier molecular flexibility index (Phi) is 5.80. The molecule has 0 spiro atoms. The van der Waals surface area contributed by atoms with E-state index in [1.54, 1.807) is 0 Å². The zero-order chi connectivity index (χ0) is 18.4. The molecule has 2 amide bonds. The fourth-order valence-electron chi connectivity index (χ4n) is 2.31. The van der Waals surface area contributed by atoms with Crippen LogP contribution in [0.4, 0.5) is 15.6 Å². The molecule has 0 saturated carbocycles. The quantitative estimate of drug-likeness (QED) is 0.675. The topological polar surface area (TPSA) is 76.1 Å². The number of carbonyl (C=O) groups excluding carboxylic acids is 1. The first kappa shape index (κ1) is 17.9. The molecule has 0 fully saturated rings. The van der Waals surface area contributed by atoms with Crippen molar-refractivity contribution >= 4 is 28.2 Å². The van der Waals surface area contributed by atoms with E-state index in [4.69, 9.17) is 4.74 Å². The molecule has 0 atom stereocenters. The number of hydrogen-bond donors (Lipinski definition) is 2. The first-order valence-corrected chi connectivity index (χ1v) is 9.08. The minimum atomic E-state index is -0.342. The average Bonchev–Trinajstić information content (AvgIpc) is 3.06. The van der Waals surface area contributed by atoms with Crippen molar-refractivity contribution in [3.8, 4) is 5.75 Å². The summed E-state index contributed by atoms with van der Waals surface area (Å²) < 4.78 is 5.83. The highest BCUT2D eigenvalue weighted by Gasteiger charge is 2.09. The van der Waals surface area contributed by atoms with Crippen molar-refractivity contribution in [1.29, 1.82) is 0 Å². The number of rotatable bonds is 6. The van der Waals surface area contributed by atoms with Crippen molar-refractivity contribution in [3.05, 3.63) is 64.7 Å². The summed E-state index contributed by atoms with van der Waals surface area (Å²) in [6.07, 6.45) is 0.632. The third-order valence-electron chi connectivity index (χ3n) is 3.85. The van der Waals surface area contributed by atoms with Crippen molar-refractivity contribution in [1.82, 2.24) is 10.2 Å². The molecule has 0 saturated heterocycles. The molecule has 0 aliphatic heterocycles. The molecular weight excluding hydrogens is 348 g/mol. The molecule has 7 heteroatoms. The molecule has 0 radical (unpaired) electrons. The Morgan fingerprint density at radius 2 is 1.85 bits per heavy atom. The maximum absolute atomic E-state index is 12.0. The minimum absolute atomic E-state index is 0.342. The van der Waals surface area contributed by atoms with Crippen LogP contribution < -0.4 is 15.4 Å². The third-order valence-corrected chi connectivity index (χ3v) is 4.75. The molecule has 0 bridgehead atoms. The van der Waals surface area contributed by atoms with E-state index in [0.29, 0.717) is 18.2 Å². The van der Waals surface area contributed by atoms with Crippen molar-refractivity contribution in [2.24, 2.45) is 0 Å².